The maximum absolute atomic E-state index is 13.2. The summed E-state index contributed by atoms with van der Waals surface area (Å²) in [5.41, 5.74) is 0.814. The van der Waals surface area contributed by atoms with E-state index in [1.54, 1.807) is 24.3 Å². The number of nitrogens with zero attached hydrogens (tertiary/aromatic N) is 1. The van der Waals surface area contributed by atoms with Gasteiger partial charge in [0.25, 0.3) is 0 Å². The molecule has 0 aromatic heterocycles. The Labute approximate surface area is 150 Å². The first-order chi connectivity index (χ1) is 12.5. The molecule has 7 heteroatoms. The van der Waals surface area contributed by atoms with Gasteiger partial charge in [0.2, 0.25) is 5.91 Å². The van der Waals surface area contributed by atoms with E-state index in [-0.39, 0.29) is 11.6 Å². The van der Waals surface area contributed by atoms with Crippen LogP contribution in [-0.4, -0.2) is 35.2 Å². The molecule has 6 nitrogen and oxygen atoms in total. The number of hydrogen-bond donors (Lipinski definition) is 2. The van der Waals surface area contributed by atoms with Crippen LogP contribution in [0.25, 0.3) is 0 Å². The molecule has 1 fully saturated rings. The topological polar surface area (TPSA) is 78.5 Å². The Morgan fingerprint density at radius 3 is 2.42 bits per heavy atom. The van der Waals surface area contributed by atoms with Gasteiger partial charge in [0.15, 0.2) is 0 Å². The first-order valence-electron chi connectivity index (χ1n) is 8.28. The number of para-hydroxylation sites is 1. The molecule has 1 unspecified atom stereocenters. The molecule has 1 heterocycles. The molecule has 134 valence electrons. The van der Waals surface area contributed by atoms with Gasteiger partial charge in [-0.3, -0.25) is 14.4 Å². The zero-order valence-corrected chi connectivity index (χ0v) is 13.9. The number of carbonyl (C=O) groups excluding carboxylic acids is 3. The van der Waals surface area contributed by atoms with Crippen molar-refractivity contribution in [3.63, 3.8) is 0 Å². The Bertz CT molecular complexity index is 826. The third kappa shape index (κ3) is 4.05. The summed E-state index contributed by atoms with van der Waals surface area (Å²) in [5, 5.41) is 5.12. The normalized spacial score (nSPS) is 16.2. The van der Waals surface area contributed by atoms with Crippen LogP contribution in [0.2, 0.25) is 0 Å². The molecule has 2 aromatic carbocycles. The number of likely N-dealkylation sites (tertiary alicyclic amines) is 1. The minimum Gasteiger partial charge on any atom is -0.324 e. The predicted octanol–water partition coefficient (Wildman–Crippen LogP) is 2.39. The van der Waals surface area contributed by atoms with Crippen LogP contribution in [0.15, 0.2) is 54.6 Å². The fourth-order valence-corrected chi connectivity index (χ4v) is 2.91. The summed E-state index contributed by atoms with van der Waals surface area (Å²) in [7, 11) is 0. The van der Waals surface area contributed by atoms with Gasteiger partial charge in [0.05, 0.1) is 0 Å². The molecule has 2 N–H and O–H groups in total. The van der Waals surface area contributed by atoms with Crippen molar-refractivity contribution < 1.29 is 18.8 Å². The Balaban J connectivity index is 1.65. The van der Waals surface area contributed by atoms with Gasteiger partial charge in [-0.1, -0.05) is 24.3 Å². The second kappa shape index (κ2) is 7.77. The fourth-order valence-electron chi connectivity index (χ4n) is 2.91. The molecule has 2 aromatic rings. The van der Waals surface area contributed by atoms with Crippen LogP contribution in [0.4, 0.5) is 15.8 Å². The van der Waals surface area contributed by atoms with E-state index in [1.165, 1.54) is 23.1 Å². The molecule has 1 aliphatic heterocycles. The molecule has 1 saturated heterocycles. The Morgan fingerprint density at radius 2 is 1.69 bits per heavy atom. The van der Waals surface area contributed by atoms with Crippen LogP contribution in [0.3, 0.4) is 0 Å². The number of anilines is 2. The van der Waals surface area contributed by atoms with Crippen molar-refractivity contribution in [1.82, 2.24) is 4.90 Å². The fraction of sp³-hybridized carbons (Fsp3) is 0.211. The van der Waals surface area contributed by atoms with Crippen molar-refractivity contribution in [2.24, 2.45) is 0 Å². The lowest BCUT2D eigenvalue weighted by molar-refractivity contribution is -0.145. The van der Waals surface area contributed by atoms with Gasteiger partial charge < -0.3 is 15.5 Å². The molecule has 0 aliphatic carbocycles. The number of benzene rings is 2. The van der Waals surface area contributed by atoms with Crippen LogP contribution < -0.4 is 10.6 Å². The average Bonchev–Trinajstić information content (AvgIpc) is 3.11. The molecule has 0 radical (unpaired) electrons. The molecule has 0 bridgehead atoms. The zero-order valence-electron chi connectivity index (χ0n) is 13.9. The molecular weight excluding hydrogens is 337 g/mol. The molecule has 0 spiro atoms. The van der Waals surface area contributed by atoms with Crippen molar-refractivity contribution >= 4 is 29.1 Å². The summed E-state index contributed by atoms with van der Waals surface area (Å²) in [6.45, 7) is 0.322. The molecule has 26 heavy (non-hydrogen) atoms. The third-order valence-electron chi connectivity index (χ3n) is 4.13. The second-order valence-corrected chi connectivity index (χ2v) is 5.98. The van der Waals surface area contributed by atoms with Crippen molar-refractivity contribution in [3.8, 4) is 0 Å². The van der Waals surface area contributed by atoms with E-state index < -0.39 is 23.7 Å². The van der Waals surface area contributed by atoms with E-state index >= 15 is 0 Å². The zero-order chi connectivity index (χ0) is 18.5. The summed E-state index contributed by atoms with van der Waals surface area (Å²) in [4.78, 5) is 38.3. The lowest BCUT2D eigenvalue weighted by atomic mass is 10.2. The van der Waals surface area contributed by atoms with Gasteiger partial charge in [0, 0.05) is 17.9 Å². The highest BCUT2D eigenvalue weighted by molar-refractivity contribution is 6.40. The van der Waals surface area contributed by atoms with Crippen LogP contribution in [0.1, 0.15) is 12.8 Å². The highest BCUT2D eigenvalue weighted by Gasteiger charge is 2.36. The van der Waals surface area contributed by atoms with Gasteiger partial charge >= 0.3 is 11.8 Å². The molecule has 0 saturated carbocycles. The van der Waals surface area contributed by atoms with Crippen LogP contribution in [0.5, 0.6) is 0 Å². The van der Waals surface area contributed by atoms with E-state index in [0.29, 0.717) is 25.1 Å². The maximum Gasteiger partial charge on any atom is 0.313 e. The molecule has 3 amide bonds. The number of amides is 3. The van der Waals surface area contributed by atoms with Crippen LogP contribution >= 0.6 is 0 Å². The van der Waals surface area contributed by atoms with E-state index in [2.05, 4.69) is 10.6 Å². The van der Waals surface area contributed by atoms with Crippen LogP contribution in [-0.2, 0) is 14.4 Å². The van der Waals surface area contributed by atoms with Crippen molar-refractivity contribution in [3.05, 3.63) is 60.4 Å². The smallest absolute Gasteiger partial charge is 0.313 e. The largest absolute Gasteiger partial charge is 0.324 e. The highest BCUT2D eigenvalue weighted by Crippen LogP contribution is 2.20. The van der Waals surface area contributed by atoms with Gasteiger partial charge in [0.1, 0.15) is 11.9 Å². The first kappa shape index (κ1) is 17.6. The van der Waals surface area contributed by atoms with Crippen molar-refractivity contribution in [2.45, 2.75) is 18.9 Å². The Hall–Kier alpha value is -3.22. The number of carbonyl (C=O) groups is 3. The molecule has 3 rings (SSSR count). The van der Waals surface area contributed by atoms with E-state index in [1.807, 2.05) is 6.07 Å². The molecular formula is C19H18FN3O3. The highest BCUT2D eigenvalue weighted by atomic mass is 19.1. The average molecular weight is 355 g/mol. The first-order valence-corrected chi connectivity index (χ1v) is 8.28. The Kier molecular flexibility index (Phi) is 5.26. The minimum absolute atomic E-state index is 0.188. The van der Waals surface area contributed by atoms with E-state index in [0.717, 1.165) is 6.07 Å². The summed E-state index contributed by atoms with van der Waals surface area (Å²) in [6.07, 6.45) is 1.11. The quantitative estimate of drug-likeness (QED) is 0.830. The second-order valence-electron chi connectivity index (χ2n) is 5.98. The van der Waals surface area contributed by atoms with E-state index in [9.17, 15) is 18.8 Å². The number of rotatable bonds is 3. The van der Waals surface area contributed by atoms with E-state index in [4.69, 9.17) is 0 Å². The SMILES string of the molecule is O=C(Nc1cccc(F)c1)C(=O)N1CCCC1C(=O)Nc1ccccc1. The van der Waals surface area contributed by atoms with Gasteiger partial charge in [-0.15, -0.1) is 0 Å². The number of hydrogen-bond acceptors (Lipinski definition) is 3. The Morgan fingerprint density at radius 1 is 0.962 bits per heavy atom. The predicted molar refractivity (Wildman–Crippen MR) is 94.8 cm³/mol. The lowest BCUT2D eigenvalue weighted by Crippen LogP contribution is -2.47. The number of nitrogens with one attached hydrogen (secondary N) is 2. The minimum atomic E-state index is -0.894. The standard InChI is InChI=1S/C19H18FN3O3/c20-13-6-4-9-15(12-13)22-18(25)19(26)23-11-5-10-16(23)17(24)21-14-7-2-1-3-8-14/h1-4,6-9,12,16H,5,10-11H2,(H,21,24)(H,22,25). The van der Waals surface area contributed by atoms with Crippen LogP contribution in [0, 0.1) is 5.82 Å². The maximum atomic E-state index is 13.2. The molecule has 1 aliphatic rings. The number of halogens is 1. The summed E-state index contributed by atoms with van der Waals surface area (Å²) < 4.78 is 13.2. The third-order valence-corrected chi connectivity index (χ3v) is 4.13. The summed E-state index contributed by atoms with van der Waals surface area (Å²) in [6, 6.07) is 13.5. The lowest BCUT2D eigenvalue weighted by Gasteiger charge is -2.23. The molecule has 1 atom stereocenters. The van der Waals surface area contributed by atoms with Gasteiger partial charge in [-0.25, -0.2) is 4.39 Å². The summed E-state index contributed by atoms with van der Waals surface area (Å²) in [5.74, 6) is -2.55. The van der Waals surface area contributed by atoms with Gasteiger partial charge in [-0.2, -0.15) is 0 Å². The van der Waals surface area contributed by atoms with Crippen molar-refractivity contribution in [2.75, 3.05) is 17.2 Å². The van der Waals surface area contributed by atoms with Gasteiger partial charge in [-0.05, 0) is 43.2 Å². The van der Waals surface area contributed by atoms with Crippen molar-refractivity contribution in [1.29, 1.82) is 0 Å². The summed E-state index contributed by atoms with van der Waals surface area (Å²) >= 11 is 0. The monoisotopic (exact) mass is 355 g/mol.